The van der Waals surface area contributed by atoms with Gasteiger partial charge in [0, 0.05) is 34.8 Å². The molecule has 1 aliphatic heterocycles. The molecular weight excluding hydrogens is 353 g/mol. The molecule has 3 nitrogen and oxygen atoms in total. The third-order valence-electron chi connectivity index (χ3n) is 6.05. The van der Waals surface area contributed by atoms with Crippen LogP contribution in [0.4, 0.5) is 4.39 Å². The van der Waals surface area contributed by atoms with E-state index in [1.54, 1.807) is 12.1 Å². The third-order valence-corrected chi connectivity index (χ3v) is 6.05. The predicted octanol–water partition coefficient (Wildman–Crippen LogP) is 4.98. The number of nitrogens with zero attached hydrogens (tertiary/aromatic N) is 1. The van der Waals surface area contributed by atoms with Crippen LogP contribution in [0.3, 0.4) is 0 Å². The van der Waals surface area contributed by atoms with Crippen molar-refractivity contribution in [2.45, 2.75) is 32.6 Å². The molecular formula is C24H20FNO2. The third kappa shape index (κ3) is 2.44. The molecule has 0 saturated heterocycles. The molecule has 1 saturated carbocycles. The molecule has 2 aromatic carbocycles. The highest BCUT2D eigenvalue weighted by Gasteiger charge is 2.50. The topological polar surface area (TPSA) is 46.5 Å². The molecule has 2 aliphatic carbocycles. The molecule has 4 heteroatoms. The van der Waals surface area contributed by atoms with Gasteiger partial charge in [0.15, 0.2) is 5.78 Å². The number of carbonyl (C=O) groups excluding carboxylic acids is 2. The van der Waals surface area contributed by atoms with Gasteiger partial charge in [-0.25, -0.2) is 4.39 Å². The number of hydrogen-bond donors (Lipinski definition) is 0. The van der Waals surface area contributed by atoms with Gasteiger partial charge in [0.2, 0.25) is 0 Å². The Labute approximate surface area is 163 Å². The Morgan fingerprint density at radius 2 is 1.71 bits per heavy atom. The number of carbonyl (C=O) groups is 2. The van der Waals surface area contributed by atoms with Crippen molar-refractivity contribution in [3.8, 4) is 0 Å². The molecule has 3 aliphatic rings. The number of Topliss-reactive ketones (excluding diaryl/α,β-unsaturated/α-hetero) is 2. The highest BCUT2D eigenvalue weighted by atomic mass is 19.1. The SMILES string of the molecule is CC1(C)CC(=O)C2C(=NC3=C(C(=O)c4ccccc43)[C@@H]2c2cccc(F)c2)C1. The van der Waals surface area contributed by atoms with Crippen LogP contribution in [0.2, 0.25) is 0 Å². The molecule has 0 bridgehead atoms. The van der Waals surface area contributed by atoms with Crippen molar-refractivity contribution in [2.75, 3.05) is 0 Å². The Morgan fingerprint density at radius 3 is 2.46 bits per heavy atom. The van der Waals surface area contributed by atoms with Crippen LogP contribution < -0.4 is 0 Å². The maximum absolute atomic E-state index is 14.1. The summed E-state index contributed by atoms with van der Waals surface area (Å²) in [6.45, 7) is 4.14. The fourth-order valence-electron chi connectivity index (χ4n) is 4.98. The van der Waals surface area contributed by atoms with Crippen molar-refractivity contribution < 1.29 is 14.0 Å². The van der Waals surface area contributed by atoms with E-state index in [4.69, 9.17) is 4.99 Å². The summed E-state index contributed by atoms with van der Waals surface area (Å²) in [5.74, 6) is -1.36. The number of halogens is 1. The average Bonchev–Trinajstić information content (AvgIpc) is 2.92. The Kier molecular flexibility index (Phi) is 3.57. The van der Waals surface area contributed by atoms with Crippen molar-refractivity contribution in [3.05, 3.63) is 76.6 Å². The molecule has 1 unspecified atom stereocenters. The van der Waals surface area contributed by atoms with Gasteiger partial charge in [-0.05, 0) is 29.5 Å². The molecule has 28 heavy (non-hydrogen) atoms. The zero-order chi connectivity index (χ0) is 19.6. The smallest absolute Gasteiger partial charge is 0.192 e. The fraction of sp³-hybridized carbons (Fsp3) is 0.292. The van der Waals surface area contributed by atoms with E-state index in [1.165, 1.54) is 12.1 Å². The van der Waals surface area contributed by atoms with Crippen LogP contribution in [-0.2, 0) is 4.79 Å². The van der Waals surface area contributed by atoms with Gasteiger partial charge in [-0.1, -0.05) is 50.2 Å². The lowest BCUT2D eigenvalue weighted by Crippen LogP contribution is -2.43. The summed E-state index contributed by atoms with van der Waals surface area (Å²) < 4.78 is 14.1. The molecule has 2 aromatic rings. The predicted molar refractivity (Wildman–Crippen MR) is 106 cm³/mol. The normalized spacial score (nSPS) is 25.2. The monoisotopic (exact) mass is 373 g/mol. The molecule has 0 spiro atoms. The summed E-state index contributed by atoms with van der Waals surface area (Å²) in [7, 11) is 0. The Bertz CT molecular complexity index is 1110. The van der Waals surface area contributed by atoms with Gasteiger partial charge < -0.3 is 0 Å². The van der Waals surface area contributed by atoms with Gasteiger partial charge >= 0.3 is 0 Å². The largest absolute Gasteiger partial charge is 0.299 e. The summed E-state index contributed by atoms with van der Waals surface area (Å²) in [4.78, 5) is 31.3. The minimum atomic E-state index is -0.494. The lowest BCUT2D eigenvalue weighted by molar-refractivity contribution is -0.124. The van der Waals surface area contributed by atoms with E-state index >= 15 is 0 Å². The number of allylic oxidation sites excluding steroid dienone is 1. The minimum absolute atomic E-state index is 0.0829. The van der Waals surface area contributed by atoms with Crippen LogP contribution in [-0.4, -0.2) is 17.3 Å². The molecule has 1 fully saturated rings. The molecule has 0 radical (unpaired) electrons. The maximum Gasteiger partial charge on any atom is 0.192 e. The van der Waals surface area contributed by atoms with Crippen LogP contribution in [0.15, 0.2) is 59.1 Å². The summed E-state index contributed by atoms with van der Waals surface area (Å²) in [6.07, 6.45) is 1.13. The van der Waals surface area contributed by atoms with E-state index < -0.39 is 11.8 Å². The second-order valence-corrected chi connectivity index (χ2v) is 8.73. The lowest BCUT2D eigenvalue weighted by atomic mass is 9.63. The number of ketones is 2. The number of rotatable bonds is 1. The summed E-state index contributed by atoms with van der Waals surface area (Å²) in [5.41, 5.74) is 3.94. The molecule has 1 heterocycles. The molecule has 2 atom stereocenters. The highest BCUT2D eigenvalue weighted by molar-refractivity contribution is 6.25. The van der Waals surface area contributed by atoms with Crippen LogP contribution >= 0.6 is 0 Å². The molecule has 140 valence electrons. The zero-order valence-corrected chi connectivity index (χ0v) is 15.8. The van der Waals surface area contributed by atoms with Crippen molar-refractivity contribution in [2.24, 2.45) is 16.3 Å². The van der Waals surface area contributed by atoms with Crippen LogP contribution in [0.1, 0.15) is 54.1 Å². The fourth-order valence-corrected chi connectivity index (χ4v) is 4.98. The van der Waals surface area contributed by atoms with Gasteiger partial charge in [-0.15, -0.1) is 0 Å². The highest BCUT2D eigenvalue weighted by Crippen LogP contribution is 2.51. The van der Waals surface area contributed by atoms with E-state index in [0.717, 1.165) is 11.3 Å². The zero-order valence-electron chi connectivity index (χ0n) is 15.8. The molecule has 0 aromatic heterocycles. The minimum Gasteiger partial charge on any atom is -0.299 e. The van der Waals surface area contributed by atoms with E-state index in [2.05, 4.69) is 13.8 Å². The van der Waals surface area contributed by atoms with Crippen molar-refractivity contribution in [1.29, 1.82) is 0 Å². The van der Waals surface area contributed by atoms with Gasteiger partial charge in [0.05, 0.1) is 11.6 Å². The van der Waals surface area contributed by atoms with Crippen molar-refractivity contribution >= 4 is 23.0 Å². The lowest BCUT2D eigenvalue weighted by Gasteiger charge is -2.40. The van der Waals surface area contributed by atoms with E-state index in [0.29, 0.717) is 35.2 Å². The second kappa shape index (κ2) is 5.81. The summed E-state index contributed by atoms with van der Waals surface area (Å²) >= 11 is 0. The first-order chi connectivity index (χ1) is 13.4. The summed E-state index contributed by atoms with van der Waals surface area (Å²) in [5, 5.41) is 0. The van der Waals surface area contributed by atoms with Crippen LogP contribution in [0.5, 0.6) is 0 Å². The standard InChI is InChI=1S/C24H20FNO2/c1-24(2)11-17-20(18(27)12-24)19(13-6-5-7-14(25)10-13)21-22(26-17)15-8-3-4-9-16(15)23(21)28/h3-10,19-20H,11-12H2,1-2H3/t19-,20?/m1/s1. The average molecular weight is 373 g/mol. The van der Waals surface area contributed by atoms with E-state index in [-0.39, 0.29) is 22.8 Å². The first-order valence-electron chi connectivity index (χ1n) is 9.60. The van der Waals surface area contributed by atoms with Gasteiger partial charge in [-0.2, -0.15) is 0 Å². The maximum atomic E-state index is 14.1. The number of fused-ring (bicyclic) bond motifs is 3. The quantitative estimate of drug-likeness (QED) is 0.708. The van der Waals surface area contributed by atoms with Crippen molar-refractivity contribution in [1.82, 2.24) is 0 Å². The first kappa shape index (κ1) is 17.2. The molecule has 0 amide bonds. The first-order valence-corrected chi connectivity index (χ1v) is 9.60. The number of benzene rings is 2. The van der Waals surface area contributed by atoms with E-state index in [9.17, 15) is 14.0 Å². The Morgan fingerprint density at radius 1 is 0.964 bits per heavy atom. The van der Waals surface area contributed by atoms with Gasteiger partial charge in [0.1, 0.15) is 11.6 Å². The van der Waals surface area contributed by atoms with E-state index in [1.807, 2.05) is 24.3 Å². The number of aliphatic imine (C=N–C) groups is 1. The van der Waals surface area contributed by atoms with Crippen molar-refractivity contribution in [3.63, 3.8) is 0 Å². The van der Waals surface area contributed by atoms with Gasteiger partial charge in [0.25, 0.3) is 0 Å². The Hall–Kier alpha value is -2.88. The molecule has 5 rings (SSSR count). The van der Waals surface area contributed by atoms with Crippen LogP contribution in [0, 0.1) is 17.2 Å². The van der Waals surface area contributed by atoms with Crippen LogP contribution in [0.25, 0.3) is 5.70 Å². The molecule has 0 N–H and O–H groups in total. The number of hydrogen-bond acceptors (Lipinski definition) is 3. The van der Waals surface area contributed by atoms with Gasteiger partial charge in [-0.3, -0.25) is 14.6 Å². The Balaban J connectivity index is 1.77. The summed E-state index contributed by atoms with van der Waals surface area (Å²) in [6, 6.07) is 13.7. The second-order valence-electron chi connectivity index (χ2n) is 8.73.